The van der Waals surface area contributed by atoms with Gasteiger partial charge in [-0.3, -0.25) is 10.1 Å². The molecular formula is C17H21ClN2O5. The minimum atomic E-state index is -0.762. The van der Waals surface area contributed by atoms with Gasteiger partial charge in [0.15, 0.2) is 6.61 Å². The minimum Gasteiger partial charge on any atom is -0.496 e. The Kier molecular flexibility index (Phi) is 7.06. The van der Waals surface area contributed by atoms with E-state index < -0.39 is 24.5 Å². The van der Waals surface area contributed by atoms with Gasteiger partial charge in [0.05, 0.1) is 7.11 Å². The van der Waals surface area contributed by atoms with E-state index in [9.17, 15) is 14.4 Å². The Hall–Kier alpha value is -2.28. The van der Waals surface area contributed by atoms with Crippen molar-refractivity contribution in [2.75, 3.05) is 13.7 Å². The maximum absolute atomic E-state index is 12.0. The minimum absolute atomic E-state index is 0.0832. The first-order valence-electron chi connectivity index (χ1n) is 8.10. The van der Waals surface area contributed by atoms with Crippen LogP contribution in [-0.2, 0) is 9.53 Å². The quantitative estimate of drug-likeness (QED) is 0.779. The first-order chi connectivity index (χ1) is 12.0. The summed E-state index contributed by atoms with van der Waals surface area (Å²) in [6.45, 7) is -0.577. The molecule has 0 radical (unpaired) electrons. The molecule has 0 saturated heterocycles. The molecule has 1 aromatic carbocycles. The van der Waals surface area contributed by atoms with Gasteiger partial charge in [-0.2, -0.15) is 0 Å². The molecule has 25 heavy (non-hydrogen) atoms. The highest BCUT2D eigenvalue weighted by Crippen LogP contribution is 2.23. The second-order valence-corrected chi connectivity index (χ2v) is 6.21. The zero-order valence-electron chi connectivity index (χ0n) is 14.0. The molecule has 3 amide bonds. The Balaban J connectivity index is 1.80. The van der Waals surface area contributed by atoms with Crippen molar-refractivity contribution in [2.24, 2.45) is 0 Å². The summed E-state index contributed by atoms with van der Waals surface area (Å²) in [5, 5.41) is 5.23. The first kappa shape index (κ1) is 19.1. The standard InChI is InChI=1S/C17H21ClN2O5/c1-24-14-8-7-11(18)9-13(14)16(22)25-10-15(21)20-17(23)19-12-5-3-2-4-6-12/h7-9,12H,2-6,10H2,1H3,(H2,19,20,21,23). The van der Waals surface area contributed by atoms with Crippen LogP contribution in [0.5, 0.6) is 5.75 Å². The fourth-order valence-electron chi connectivity index (χ4n) is 2.68. The second-order valence-electron chi connectivity index (χ2n) is 5.78. The molecule has 1 aromatic rings. The zero-order valence-corrected chi connectivity index (χ0v) is 14.7. The van der Waals surface area contributed by atoms with Crippen LogP contribution in [0.15, 0.2) is 18.2 Å². The van der Waals surface area contributed by atoms with E-state index in [1.54, 1.807) is 6.07 Å². The van der Waals surface area contributed by atoms with Gasteiger partial charge in [0, 0.05) is 11.1 Å². The largest absolute Gasteiger partial charge is 0.496 e. The molecule has 0 atom stereocenters. The van der Waals surface area contributed by atoms with Gasteiger partial charge in [-0.05, 0) is 31.0 Å². The van der Waals surface area contributed by atoms with Crippen LogP contribution in [0.4, 0.5) is 4.79 Å². The molecule has 0 aliphatic heterocycles. The van der Waals surface area contributed by atoms with Crippen molar-refractivity contribution < 1.29 is 23.9 Å². The summed E-state index contributed by atoms with van der Waals surface area (Å²) in [6, 6.07) is 3.99. The van der Waals surface area contributed by atoms with E-state index in [0.717, 1.165) is 25.7 Å². The van der Waals surface area contributed by atoms with Crippen LogP contribution < -0.4 is 15.4 Å². The van der Waals surface area contributed by atoms with Crippen LogP contribution in [0, 0.1) is 0 Å². The molecule has 1 aliphatic rings. The maximum atomic E-state index is 12.0. The molecule has 1 aliphatic carbocycles. The van der Waals surface area contributed by atoms with Gasteiger partial charge >= 0.3 is 12.0 Å². The number of benzene rings is 1. The average molecular weight is 369 g/mol. The van der Waals surface area contributed by atoms with E-state index in [1.165, 1.54) is 25.7 Å². The molecule has 7 nitrogen and oxygen atoms in total. The normalized spacial score (nSPS) is 14.5. The summed E-state index contributed by atoms with van der Waals surface area (Å²) < 4.78 is 9.96. The number of ether oxygens (including phenoxy) is 2. The van der Waals surface area contributed by atoms with Crippen molar-refractivity contribution in [3.63, 3.8) is 0 Å². The predicted molar refractivity (Wildman–Crippen MR) is 91.8 cm³/mol. The maximum Gasteiger partial charge on any atom is 0.342 e. The lowest BCUT2D eigenvalue weighted by atomic mass is 9.96. The van der Waals surface area contributed by atoms with Gasteiger partial charge in [0.2, 0.25) is 0 Å². The van der Waals surface area contributed by atoms with Crippen molar-refractivity contribution in [1.29, 1.82) is 0 Å². The molecule has 0 unspecified atom stereocenters. The van der Waals surface area contributed by atoms with Crippen LogP contribution in [0.25, 0.3) is 0 Å². The first-order valence-corrected chi connectivity index (χ1v) is 8.48. The van der Waals surface area contributed by atoms with Gasteiger partial charge in [-0.25, -0.2) is 9.59 Å². The van der Waals surface area contributed by atoms with Gasteiger partial charge in [0.25, 0.3) is 5.91 Å². The topological polar surface area (TPSA) is 93.7 Å². The summed E-state index contributed by atoms with van der Waals surface area (Å²) in [4.78, 5) is 35.5. The number of methoxy groups -OCH3 is 1. The van der Waals surface area contributed by atoms with Crippen LogP contribution in [0.3, 0.4) is 0 Å². The van der Waals surface area contributed by atoms with Crippen molar-refractivity contribution in [3.05, 3.63) is 28.8 Å². The monoisotopic (exact) mass is 368 g/mol. The van der Waals surface area contributed by atoms with E-state index in [2.05, 4.69) is 10.6 Å². The van der Waals surface area contributed by atoms with Gasteiger partial charge < -0.3 is 14.8 Å². The molecule has 2 rings (SSSR count). The van der Waals surface area contributed by atoms with Crippen molar-refractivity contribution in [3.8, 4) is 5.75 Å². The van der Waals surface area contributed by atoms with Crippen LogP contribution in [0.2, 0.25) is 5.02 Å². The van der Waals surface area contributed by atoms with Crippen LogP contribution >= 0.6 is 11.6 Å². The number of amides is 3. The second kappa shape index (κ2) is 9.27. The van der Waals surface area contributed by atoms with Crippen molar-refractivity contribution in [1.82, 2.24) is 10.6 Å². The number of nitrogens with one attached hydrogen (secondary N) is 2. The molecule has 1 saturated carbocycles. The number of hydrogen-bond acceptors (Lipinski definition) is 5. The van der Waals surface area contributed by atoms with Crippen molar-refractivity contribution in [2.45, 2.75) is 38.1 Å². The number of rotatable bonds is 5. The Morgan fingerprint density at radius 2 is 1.92 bits per heavy atom. The van der Waals surface area contributed by atoms with Crippen LogP contribution in [0.1, 0.15) is 42.5 Å². The van der Waals surface area contributed by atoms with E-state index in [4.69, 9.17) is 21.1 Å². The molecule has 0 heterocycles. The smallest absolute Gasteiger partial charge is 0.342 e. The van der Waals surface area contributed by atoms with Gasteiger partial charge in [-0.15, -0.1) is 0 Å². The van der Waals surface area contributed by atoms with E-state index in [1.807, 2.05) is 0 Å². The lowest BCUT2D eigenvalue weighted by Crippen LogP contribution is -2.46. The lowest BCUT2D eigenvalue weighted by molar-refractivity contribution is -0.123. The molecule has 0 bridgehead atoms. The molecule has 0 spiro atoms. The number of urea groups is 1. The molecule has 1 fully saturated rings. The Labute approximate surface area is 151 Å². The molecule has 136 valence electrons. The Morgan fingerprint density at radius 1 is 1.20 bits per heavy atom. The third-order valence-corrected chi connectivity index (χ3v) is 4.14. The molecule has 0 aromatic heterocycles. The number of carbonyl (C=O) groups is 3. The SMILES string of the molecule is COc1ccc(Cl)cc1C(=O)OCC(=O)NC(=O)NC1CCCCC1. The fraction of sp³-hybridized carbons (Fsp3) is 0.471. The number of imide groups is 1. The summed E-state index contributed by atoms with van der Waals surface area (Å²) in [7, 11) is 1.41. The number of halogens is 1. The highest BCUT2D eigenvalue weighted by Gasteiger charge is 2.19. The summed E-state index contributed by atoms with van der Waals surface area (Å²) >= 11 is 5.85. The fourth-order valence-corrected chi connectivity index (χ4v) is 2.85. The summed E-state index contributed by atoms with van der Waals surface area (Å²) in [5.74, 6) is -1.19. The Morgan fingerprint density at radius 3 is 2.60 bits per heavy atom. The molecular weight excluding hydrogens is 348 g/mol. The third-order valence-electron chi connectivity index (χ3n) is 3.91. The summed E-state index contributed by atoms with van der Waals surface area (Å²) in [5.41, 5.74) is 0.106. The zero-order chi connectivity index (χ0) is 18.2. The van der Waals surface area contributed by atoms with Gasteiger partial charge in [0.1, 0.15) is 11.3 Å². The van der Waals surface area contributed by atoms with E-state index in [-0.39, 0.29) is 17.4 Å². The molecule has 8 heteroatoms. The third kappa shape index (κ3) is 5.94. The van der Waals surface area contributed by atoms with E-state index in [0.29, 0.717) is 5.02 Å². The molecule has 2 N–H and O–H groups in total. The highest BCUT2D eigenvalue weighted by atomic mass is 35.5. The van der Waals surface area contributed by atoms with Crippen molar-refractivity contribution >= 4 is 29.5 Å². The number of hydrogen-bond donors (Lipinski definition) is 2. The number of carbonyl (C=O) groups excluding carboxylic acids is 3. The van der Waals surface area contributed by atoms with Gasteiger partial charge in [-0.1, -0.05) is 30.9 Å². The average Bonchev–Trinajstić information content (AvgIpc) is 2.60. The predicted octanol–water partition coefficient (Wildman–Crippen LogP) is 2.66. The lowest BCUT2D eigenvalue weighted by Gasteiger charge is -2.22. The highest BCUT2D eigenvalue weighted by molar-refractivity contribution is 6.31. The van der Waals surface area contributed by atoms with Crippen LogP contribution in [-0.4, -0.2) is 37.7 Å². The summed E-state index contributed by atoms with van der Waals surface area (Å²) in [6.07, 6.45) is 5.12. The Bertz CT molecular complexity index is 644. The van der Waals surface area contributed by atoms with E-state index >= 15 is 0 Å². The number of esters is 1.